The van der Waals surface area contributed by atoms with Gasteiger partial charge in [0.2, 0.25) is 0 Å². The summed E-state index contributed by atoms with van der Waals surface area (Å²) in [6.45, 7) is 4.30. The van der Waals surface area contributed by atoms with E-state index < -0.39 is 0 Å². The number of hydrogen-bond donors (Lipinski definition) is 1. The number of likely N-dealkylation sites (N-methyl/N-ethyl adjacent to an activating group) is 1. The van der Waals surface area contributed by atoms with Crippen LogP contribution in [0.4, 0.5) is 0 Å². The second-order valence-corrected chi connectivity index (χ2v) is 4.53. The Labute approximate surface area is 103 Å². The van der Waals surface area contributed by atoms with Gasteiger partial charge in [0.05, 0.1) is 12.5 Å². The molecule has 0 fully saturated rings. The second kappa shape index (κ2) is 5.19. The van der Waals surface area contributed by atoms with E-state index in [-0.39, 0.29) is 0 Å². The van der Waals surface area contributed by atoms with Gasteiger partial charge in [0, 0.05) is 11.6 Å². The van der Waals surface area contributed by atoms with Gasteiger partial charge in [-0.1, -0.05) is 23.8 Å². The molecule has 0 aliphatic rings. The average Bonchev–Trinajstić information content (AvgIpc) is 2.84. The van der Waals surface area contributed by atoms with Crippen molar-refractivity contribution in [1.29, 1.82) is 0 Å². The van der Waals surface area contributed by atoms with Gasteiger partial charge in [0.15, 0.2) is 0 Å². The van der Waals surface area contributed by atoms with Crippen LogP contribution in [0.1, 0.15) is 28.3 Å². The third-order valence-electron chi connectivity index (χ3n) is 3.22. The largest absolute Gasteiger partial charge is 0.472 e. The van der Waals surface area contributed by atoms with Crippen molar-refractivity contribution in [2.45, 2.75) is 26.3 Å². The number of hydrogen-bond acceptors (Lipinski definition) is 2. The van der Waals surface area contributed by atoms with Gasteiger partial charge in [0.1, 0.15) is 0 Å². The maximum absolute atomic E-state index is 5.15. The molecular formula is C15H19NO. The molecule has 0 radical (unpaired) electrons. The lowest BCUT2D eigenvalue weighted by Crippen LogP contribution is -2.18. The predicted molar refractivity (Wildman–Crippen MR) is 70.1 cm³/mol. The second-order valence-electron chi connectivity index (χ2n) is 4.53. The normalized spacial score (nSPS) is 12.6. The molecule has 1 atom stereocenters. The van der Waals surface area contributed by atoms with Crippen molar-refractivity contribution in [1.82, 2.24) is 5.32 Å². The fourth-order valence-corrected chi connectivity index (χ4v) is 2.10. The van der Waals surface area contributed by atoms with Crippen molar-refractivity contribution in [2.75, 3.05) is 7.05 Å². The van der Waals surface area contributed by atoms with Crippen LogP contribution >= 0.6 is 0 Å². The maximum Gasteiger partial charge on any atom is 0.0950 e. The highest BCUT2D eigenvalue weighted by molar-refractivity contribution is 5.32. The van der Waals surface area contributed by atoms with E-state index in [2.05, 4.69) is 37.4 Å². The van der Waals surface area contributed by atoms with Crippen LogP contribution in [0, 0.1) is 13.8 Å². The molecule has 2 heteroatoms. The minimum Gasteiger partial charge on any atom is -0.472 e. The van der Waals surface area contributed by atoms with E-state index >= 15 is 0 Å². The van der Waals surface area contributed by atoms with Crippen LogP contribution in [-0.4, -0.2) is 7.05 Å². The van der Waals surface area contributed by atoms with Gasteiger partial charge in [0.25, 0.3) is 0 Å². The summed E-state index contributed by atoms with van der Waals surface area (Å²) < 4.78 is 5.15. The molecule has 1 heterocycles. The van der Waals surface area contributed by atoms with E-state index in [1.807, 2.05) is 19.4 Å². The molecule has 1 N–H and O–H groups in total. The first-order chi connectivity index (χ1) is 8.20. The molecule has 2 nitrogen and oxygen atoms in total. The zero-order chi connectivity index (χ0) is 12.3. The van der Waals surface area contributed by atoms with E-state index in [4.69, 9.17) is 4.42 Å². The molecule has 2 aromatic rings. The zero-order valence-electron chi connectivity index (χ0n) is 10.7. The fourth-order valence-electron chi connectivity index (χ4n) is 2.10. The molecule has 0 aliphatic carbocycles. The fraction of sp³-hybridized carbons (Fsp3) is 0.333. The summed E-state index contributed by atoms with van der Waals surface area (Å²) in [6.07, 6.45) is 4.53. The van der Waals surface area contributed by atoms with Gasteiger partial charge < -0.3 is 9.73 Å². The first-order valence-electron chi connectivity index (χ1n) is 5.96. The maximum atomic E-state index is 5.15. The third kappa shape index (κ3) is 2.77. The first kappa shape index (κ1) is 11.9. The summed E-state index contributed by atoms with van der Waals surface area (Å²) in [5.74, 6) is 0. The average molecular weight is 229 g/mol. The quantitative estimate of drug-likeness (QED) is 0.869. The molecule has 1 aromatic heterocycles. The van der Waals surface area contributed by atoms with Gasteiger partial charge in [-0.15, -0.1) is 0 Å². The van der Waals surface area contributed by atoms with Crippen LogP contribution in [0.15, 0.2) is 41.2 Å². The van der Waals surface area contributed by atoms with Crippen molar-refractivity contribution in [2.24, 2.45) is 0 Å². The molecule has 90 valence electrons. The lowest BCUT2D eigenvalue weighted by Gasteiger charge is -2.16. The SMILES string of the molecule is CNC(Cc1cc(C)ccc1C)c1ccoc1. The summed E-state index contributed by atoms with van der Waals surface area (Å²) in [4.78, 5) is 0. The molecule has 0 amide bonds. The Morgan fingerprint density at radius 1 is 1.24 bits per heavy atom. The number of nitrogens with one attached hydrogen (secondary N) is 1. The molecule has 0 aliphatic heterocycles. The molecule has 0 bridgehead atoms. The van der Waals surface area contributed by atoms with Gasteiger partial charge in [-0.25, -0.2) is 0 Å². The Kier molecular flexibility index (Phi) is 3.64. The van der Waals surface area contributed by atoms with Crippen LogP contribution < -0.4 is 5.32 Å². The Bertz CT molecular complexity index is 474. The van der Waals surface area contributed by atoms with Crippen LogP contribution in [0.5, 0.6) is 0 Å². The Morgan fingerprint density at radius 2 is 2.06 bits per heavy atom. The van der Waals surface area contributed by atoms with Gasteiger partial charge >= 0.3 is 0 Å². The summed E-state index contributed by atoms with van der Waals surface area (Å²) in [5.41, 5.74) is 5.26. The van der Waals surface area contributed by atoms with E-state index in [9.17, 15) is 0 Å². The molecule has 0 saturated carbocycles. The zero-order valence-corrected chi connectivity index (χ0v) is 10.7. The molecular weight excluding hydrogens is 210 g/mol. The molecule has 17 heavy (non-hydrogen) atoms. The molecule has 0 spiro atoms. The van der Waals surface area contributed by atoms with Crippen molar-refractivity contribution in [3.8, 4) is 0 Å². The highest BCUT2D eigenvalue weighted by atomic mass is 16.3. The number of aryl methyl sites for hydroxylation is 2. The lowest BCUT2D eigenvalue weighted by atomic mass is 9.96. The highest BCUT2D eigenvalue weighted by Gasteiger charge is 2.12. The highest BCUT2D eigenvalue weighted by Crippen LogP contribution is 2.21. The standard InChI is InChI=1S/C15H19NO/c1-11-4-5-12(2)14(8-11)9-15(16-3)13-6-7-17-10-13/h4-8,10,15-16H,9H2,1-3H3. The summed E-state index contributed by atoms with van der Waals surface area (Å²) in [7, 11) is 1.99. The number of rotatable bonds is 4. The summed E-state index contributed by atoms with van der Waals surface area (Å²) in [6, 6.07) is 8.94. The Hall–Kier alpha value is -1.54. The van der Waals surface area contributed by atoms with Gasteiger partial charge in [-0.3, -0.25) is 0 Å². The summed E-state index contributed by atoms with van der Waals surface area (Å²) in [5, 5.41) is 3.34. The van der Waals surface area contributed by atoms with Crippen molar-refractivity contribution < 1.29 is 4.42 Å². The monoisotopic (exact) mass is 229 g/mol. The topological polar surface area (TPSA) is 25.2 Å². The molecule has 1 aromatic carbocycles. The van der Waals surface area contributed by atoms with E-state index in [0.29, 0.717) is 6.04 Å². The minimum absolute atomic E-state index is 0.314. The van der Waals surface area contributed by atoms with Crippen LogP contribution in [0.2, 0.25) is 0 Å². The molecule has 1 unspecified atom stereocenters. The first-order valence-corrected chi connectivity index (χ1v) is 5.96. The smallest absolute Gasteiger partial charge is 0.0950 e. The van der Waals surface area contributed by atoms with E-state index in [0.717, 1.165) is 6.42 Å². The molecule has 0 saturated heterocycles. The lowest BCUT2D eigenvalue weighted by molar-refractivity contribution is 0.542. The van der Waals surface area contributed by atoms with Gasteiger partial charge in [-0.2, -0.15) is 0 Å². The van der Waals surface area contributed by atoms with Crippen LogP contribution in [0.3, 0.4) is 0 Å². The van der Waals surface area contributed by atoms with E-state index in [1.54, 1.807) is 6.26 Å². The summed E-state index contributed by atoms with van der Waals surface area (Å²) >= 11 is 0. The number of furan rings is 1. The third-order valence-corrected chi connectivity index (χ3v) is 3.22. The van der Waals surface area contributed by atoms with Crippen LogP contribution in [-0.2, 0) is 6.42 Å². The van der Waals surface area contributed by atoms with Crippen LogP contribution in [0.25, 0.3) is 0 Å². The van der Waals surface area contributed by atoms with Crippen molar-refractivity contribution in [3.63, 3.8) is 0 Å². The Balaban J connectivity index is 2.21. The number of benzene rings is 1. The Morgan fingerprint density at radius 3 is 2.71 bits per heavy atom. The van der Waals surface area contributed by atoms with Crippen molar-refractivity contribution in [3.05, 3.63) is 59.0 Å². The van der Waals surface area contributed by atoms with E-state index in [1.165, 1.54) is 22.3 Å². The molecule has 2 rings (SSSR count). The van der Waals surface area contributed by atoms with Crippen molar-refractivity contribution >= 4 is 0 Å². The minimum atomic E-state index is 0.314. The predicted octanol–water partition coefficient (Wildman–Crippen LogP) is 3.40. The van der Waals surface area contributed by atoms with Gasteiger partial charge in [-0.05, 0) is 44.5 Å².